The zero-order chi connectivity index (χ0) is 16.9. The molecule has 2 aliphatic rings. The van der Waals surface area contributed by atoms with E-state index in [1.54, 1.807) is 0 Å². The van der Waals surface area contributed by atoms with Crippen molar-refractivity contribution in [2.45, 2.75) is 64.5 Å². The number of amides is 2. The molecule has 0 saturated carbocycles. The van der Waals surface area contributed by atoms with Crippen LogP contribution in [0.5, 0.6) is 0 Å². The minimum Gasteiger partial charge on any atom is -0.466 e. The van der Waals surface area contributed by atoms with Crippen LogP contribution >= 0.6 is 0 Å². The third kappa shape index (κ3) is 4.53. The lowest BCUT2D eigenvalue weighted by molar-refractivity contribution is 0.0370. The van der Waals surface area contributed by atoms with Gasteiger partial charge in [0, 0.05) is 32.2 Å². The number of hydrogen-bond acceptors (Lipinski definition) is 3. The molecule has 3 heterocycles. The fraction of sp³-hybridized carbons (Fsp3) is 0.737. The molecule has 0 radical (unpaired) electrons. The highest BCUT2D eigenvalue weighted by Crippen LogP contribution is 2.28. The second-order valence-corrected chi connectivity index (χ2v) is 7.28. The Hall–Kier alpha value is -1.49. The number of aryl methyl sites for hydroxylation is 2. The number of urea groups is 1. The summed E-state index contributed by atoms with van der Waals surface area (Å²) in [5.74, 6) is 2.57. The summed E-state index contributed by atoms with van der Waals surface area (Å²) in [5, 5.41) is 3.13. The molecule has 3 rings (SSSR count). The molecule has 134 valence electrons. The maximum absolute atomic E-state index is 12.4. The number of piperidine rings is 1. The van der Waals surface area contributed by atoms with E-state index in [2.05, 4.69) is 12.2 Å². The number of nitrogens with one attached hydrogen (secondary N) is 1. The van der Waals surface area contributed by atoms with E-state index < -0.39 is 0 Å². The Morgan fingerprint density at radius 3 is 2.75 bits per heavy atom. The standard InChI is InChI=1S/C19H30N2O3/c1-14(5-7-17-8-6-15(2)24-17)20-19(22)21-11-9-16(10-12-21)18-4-3-13-23-18/h6,8,14,16,18H,3-5,7,9-13H2,1-2H3,(H,20,22)/t14-,18+/m0/s1. The van der Waals surface area contributed by atoms with Crippen LogP contribution in [0.15, 0.2) is 16.5 Å². The molecule has 0 aliphatic carbocycles. The van der Waals surface area contributed by atoms with Crippen molar-refractivity contribution in [1.29, 1.82) is 0 Å². The van der Waals surface area contributed by atoms with Gasteiger partial charge in [-0.1, -0.05) is 0 Å². The van der Waals surface area contributed by atoms with Crippen molar-refractivity contribution in [3.05, 3.63) is 23.7 Å². The highest BCUT2D eigenvalue weighted by atomic mass is 16.5. The Balaban J connectivity index is 1.37. The van der Waals surface area contributed by atoms with Crippen LogP contribution in [-0.2, 0) is 11.2 Å². The first-order chi connectivity index (χ1) is 11.6. The summed E-state index contributed by atoms with van der Waals surface area (Å²) in [6, 6.07) is 4.22. The molecular formula is C19H30N2O3. The van der Waals surface area contributed by atoms with Crippen LogP contribution in [0, 0.1) is 12.8 Å². The van der Waals surface area contributed by atoms with Gasteiger partial charge in [0.1, 0.15) is 11.5 Å². The minimum atomic E-state index is 0.0731. The van der Waals surface area contributed by atoms with Crippen molar-refractivity contribution in [2.75, 3.05) is 19.7 Å². The van der Waals surface area contributed by atoms with Gasteiger partial charge in [-0.2, -0.15) is 0 Å². The molecule has 2 saturated heterocycles. The van der Waals surface area contributed by atoms with E-state index in [-0.39, 0.29) is 12.1 Å². The van der Waals surface area contributed by atoms with Gasteiger partial charge in [0.25, 0.3) is 0 Å². The SMILES string of the molecule is Cc1ccc(CC[C@H](C)NC(=O)N2CCC([C@H]3CCCO3)CC2)o1. The van der Waals surface area contributed by atoms with Crippen molar-refractivity contribution in [2.24, 2.45) is 5.92 Å². The second kappa shape index (κ2) is 8.06. The van der Waals surface area contributed by atoms with Crippen molar-refractivity contribution < 1.29 is 13.9 Å². The smallest absolute Gasteiger partial charge is 0.317 e. The maximum Gasteiger partial charge on any atom is 0.317 e. The van der Waals surface area contributed by atoms with Crippen LogP contribution in [-0.4, -0.2) is 42.8 Å². The molecule has 5 heteroatoms. The monoisotopic (exact) mass is 334 g/mol. The summed E-state index contributed by atoms with van der Waals surface area (Å²) < 4.78 is 11.4. The topological polar surface area (TPSA) is 54.7 Å². The van der Waals surface area contributed by atoms with E-state index in [0.717, 1.165) is 56.9 Å². The number of nitrogens with zero attached hydrogens (tertiary/aromatic N) is 1. The van der Waals surface area contributed by atoms with Crippen LogP contribution in [0.4, 0.5) is 4.79 Å². The molecule has 5 nitrogen and oxygen atoms in total. The highest BCUT2D eigenvalue weighted by Gasteiger charge is 2.31. The first-order valence-corrected chi connectivity index (χ1v) is 9.34. The number of carbonyl (C=O) groups is 1. The zero-order valence-corrected chi connectivity index (χ0v) is 14.9. The third-order valence-electron chi connectivity index (χ3n) is 5.31. The minimum absolute atomic E-state index is 0.0731. The van der Waals surface area contributed by atoms with E-state index in [4.69, 9.17) is 9.15 Å². The summed E-state index contributed by atoms with van der Waals surface area (Å²) in [4.78, 5) is 14.4. The molecule has 2 aliphatic heterocycles. The lowest BCUT2D eigenvalue weighted by atomic mass is 9.90. The molecule has 24 heavy (non-hydrogen) atoms. The summed E-state index contributed by atoms with van der Waals surface area (Å²) in [7, 11) is 0. The molecule has 0 unspecified atom stereocenters. The van der Waals surface area contributed by atoms with E-state index in [1.807, 2.05) is 24.0 Å². The van der Waals surface area contributed by atoms with Crippen LogP contribution in [0.2, 0.25) is 0 Å². The van der Waals surface area contributed by atoms with Crippen LogP contribution in [0.1, 0.15) is 50.5 Å². The van der Waals surface area contributed by atoms with Gasteiger partial charge in [-0.15, -0.1) is 0 Å². The highest BCUT2D eigenvalue weighted by molar-refractivity contribution is 5.74. The van der Waals surface area contributed by atoms with Gasteiger partial charge in [0.2, 0.25) is 0 Å². The predicted molar refractivity (Wildman–Crippen MR) is 93.0 cm³/mol. The van der Waals surface area contributed by atoms with Gasteiger partial charge in [0.05, 0.1) is 6.10 Å². The van der Waals surface area contributed by atoms with Crippen LogP contribution < -0.4 is 5.32 Å². The molecule has 0 aromatic carbocycles. The van der Waals surface area contributed by atoms with Gasteiger partial charge in [0.15, 0.2) is 0 Å². The second-order valence-electron chi connectivity index (χ2n) is 7.28. The fourth-order valence-corrected chi connectivity index (χ4v) is 3.80. The van der Waals surface area contributed by atoms with Gasteiger partial charge >= 0.3 is 6.03 Å². The van der Waals surface area contributed by atoms with E-state index in [9.17, 15) is 4.79 Å². The lowest BCUT2D eigenvalue weighted by Crippen LogP contribution is -2.48. The largest absolute Gasteiger partial charge is 0.466 e. The Labute approximate surface area is 144 Å². The molecule has 0 bridgehead atoms. The molecule has 0 spiro atoms. The lowest BCUT2D eigenvalue weighted by Gasteiger charge is -2.35. The van der Waals surface area contributed by atoms with E-state index >= 15 is 0 Å². The van der Waals surface area contributed by atoms with Crippen LogP contribution in [0.3, 0.4) is 0 Å². The van der Waals surface area contributed by atoms with Crippen molar-refractivity contribution in [3.63, 3.8) is 0 Å². The van der Waals surface area contributed by atoms with Gasteiger partial charge in [-0.25, -0.2) is 4.79 Å². The van der Waals surface area contributed by atoms with Crippen LogP contribution in [0.25, 0.3) is 0 Å². The first kappa shape index (κ1) is 17.3. The van der Waals surface area contributed by atoms with Crippen molar-refractivity contribution in [1.82, 2.24) is 10.2 Å². The first-order valence-electron chi connectivity index (χ1n) is 9.34. The average Bonchev–Trinajstić information content (AvgIpc) is 3.25. The van der Waals surface area contributed by atoms with Gasteiger partial charge in [-0.3, -0.25) is 0 Å². The molecular weight excluding hydrogens is 304 g/mol. The predicted octanol–water partition coefficient (Wildman–Crippen LogP) is 3.51. The number of likely N-dealkylation sites (tertiary alicyclic amines) is 1. The molecule has 2 fully saturated rings. The van der Waals surface area contributed by atoms with Crippen molar-refractivity contribution >= 4 is 6.03 Å². The quantitative estimate of drug-likeness (QED) is 0.896. The third-order valence-corrected chi connectivity index (χ3v) is 5.31. The number of rotatable bonds is 5. The Bertz CT molecular complexity index is 528. The number of carbonyl (C=O) groups excluding carboxylic acids is 1. The molecule has 2 amide bonds. The maximum atomic E-state index is 12.4. The van der Waals surface area contributed by atoms with E-state index in [0.29, 0.717) is 12.0 Å². The molecule has 2 atom stereocenters. The summed E-state index contributed by atoms with van der Waals surface area (Å²) in [6.45, 7) is 6.63. The molecule has 1 N–H and O–H groups in total. The summed E-state index contributed by atoms with van der Waals surface area (Å²) >= 11 is 0. The summed E-state index contributed by atoms with van der Waals surface area (Å²) in [5.41, 5.74) is 0. The number of hydrogen-bond donors (Lipinski definition) is 1. The number of ether oxygens (including phenoxy) is 1. The fourth-order valence-electron chi connectivity index (χ4n) is 3.80. The van der Waals surface area contributed by atoms with Crippen molar-refractivity contribution in [3.8, 4) is 0 Å². The number of furan rings is 1. The summed E-state index contributed by atoms with van der Waals surface area (Å²) in [6.07, 6.45) is 6.71. The average molecular weight is 334 g/mol. The Morgan fingerprint density at radius 1 is 1.33 bits per heavy atom. The van der Waals surface area contributed by atoms with Gasteiger partial charge in [-0.05, 0) is 64.0 Å². The molecule has 1 aromatic heterocycles. The van der Waals surface area contributed by atoms with E-state index in [1.165, 1.54) is 12.8 Å². The zero-order valence-electron chi connectivity index (χ0n) is 14.9. The Morgan fingerprint density at radius 2 is 2.12 bits per heavy atom. The normalized spacial score (nSPS) is 23.4. The van der Waals surface area contributed by atoms with Gasteiger partial charge < -0.3 is 19.4 Å². The Kier molecular flexibility index (Phi) is 5.82. The molecule has 1 aromatic rings.